The number of ketones is 2. The lowest BCUT2D eigenvalue weighted by Crippen LogP contribution is -2.46. The molecule has 0 radical (unpaired) electrons. The molecule has 0 N–H and O–H groups in total. The summed E-state index contributed by atoms with van der Waals surface area (Å²) in [6.45, 7) is 2.24. The Balaban J connectivity index is 1.65. The van der Waals surface area contributed by atoms with Crippen LogP contribution in [0.1, 0.15) is 58.3 Å². The third-order valence-corrected chi connectivity index (χ3v) is 7.01. The molecule has 20 heavy (non-hydrogen) atoms. The summed E-state index contributed by atoms with van der Waals surface area (Å²) < 4.78 is 0. The van der Waals surface area contributed by atoms with Crippen LogP contribution in [0.2, 0.25) is 0 Å². The molecule has 0 aliphatic heterocycles. The summed E-state index contributed by atoms with van der Waals surface area (Å²) in [4.78, 5) is 23.9. The first-order valence-electron chi connectivity index (χ1n) is 8.36. The number of hydrogen-bond acceptors (Lipinski definition) is 2. The van der Waals surface area contributed by atoms with Crippen molar-refractivity contribution in [1.82, 2.24) is 0 Å². The number of hydrogen-bond donors (Lipinski definition) is 0. The zero-order valence-corrected chi connectivity index (χ0v) is 12.4. The first kappa shape index (κ1) is 12.8. The highest BCUT2D eigenvalue weighted by molar-refractivity contribution is 5.91. The summed E-state index contributed by atoms with van der Waals surface area (Å²) in [6.07, 6.45) is 10.3. The molecule has 0 amide bonds. The first-order valence-corrected chi connectivity index (χ1v) is 8.36. The fourth-order valence-corrected chi connectivity index (χ4v) is 5.95. The maximum absolute atomic E-state index is 12.3. The van der Waals surface area contributed by atoms with Crippen molar-refractivity contribution in [3.8, 4) is 0 Å². The predicted octanol–water partition coefficient (Wildman–Crippen LogP) is 3.70. The molecule has 4 rings (SSSR count). The Hall–Kier alpha value is -0.920. The molecular formula is C18H24O2. The zero-order valence-electron chi connectivity index (χ0n) is 12.4. The zero-order chi connectivity index (χ0) is 13.9. The van der Waals surface area contributed by atoms with Gasteiger partial charge in [0, 0.05) is 18.3 Å². The van der Waals surface area contributed by atoms with Crippen LogP contribution in [0.25, 0.3) is 0 Å². The van der Waals surface area contributed by atoms with Gasteiger partial charge in [-0.25, -0.2) is 0 Å². The van der Waals surface area contributed by atoms with E-state index >= 15 is 0 Å². The lowest BCUT2D eigenvalue weighted by Gasteiger charge is -2.52. The Kier molecular flexibility index (Phi) is 2.74. The van der Waals surface area contributed by atoms with Crippen molar-refractivity contribution in [2.75, 3.05) is 0 Å². The maximum Gasteiger partial charge on any atom is 0.155 e. The van der Waals surface area contributed by atoms with Crippen LogP contribution in [0.3, 0.4) is 0 Å². The SMILES string of the molecule is CC12CC[C@@H]3C4CCC(=O)C=C4CC[C@H]3[C@@H]1CCC2=O. The van der Waals surface area contributed by atoms with Crippen molar-refractivity contribution in [3.63, 3.8) is 0 Å². The first-order chi connectivity index (χ1) is 9.59. The minimum Gasteiger partial charge on any atom is -0.299 e. The summed E-state index contributed by atoms with van der Waals surface area (Å²) in [5.74, 6) is 3.66. The van der Waals surface area contributed by atoms with Gasteiger partial charge in [-0.05, 0) is 68.3 Å². The molecule has 0 bridgehead atoms. The molecule has 4 aliphatic carbocycles. The summed E-state index contributed by atoms with van der Waals surface area (Å²) in [6, 6.07) is 0. The van der Waals surface area contributed by atoms with Gasteiger partial charge in [0.15, 0.2) is 5.78 Å². The van der Waals surface area contributed by atoms with Gasteiger partial charge < -0.3 is 0 Å². The van der Waals surface area contributed by atoms with Crippen molar-refractivity contribution in [1.29, 1.82) is 0 Å². The molecule has 2 unspecified atom stereocenters. The number of fused-ring (bicyclic) bond motifs is 5. The van der Waals surface area contributed by atoms with Gasteiger partial charge in [-0.2, -0.15) is 0 Å². The Morgan fingerprint density at radius 1 is 1.00 bits per heavy atom. The van der Waals surface area contributed by atoms with Gasteiger partial charge in [0.25, 0.3) is 0 Å². The number of carbonyl (C=O) groups is 2. The Morgan fingerprint density at radius 3 is 2.70 bits per heavy atom. The van der Waals surface area contributed by atoms with Gasteiger partial charge >= 0.3 is 0 Å². The quantitative estimate of drug-likeness (QED) is 0.674. The van der Waals surface area contributed by atoms with Crippen LogP contribution in [0.4, 0.5) is 0 Å². The van der Waals surface area contributed by atoms with E-state index in [2.05, 4.69) is 6.92 Å². The van der Waals surface area contributed by atoms with Gasteiger partial charge in [-0.1, -0.05) is 12.5 Å². The minimum absolute atomic E-state index is 0.00707. The molecule has 0 aromatic heterocycles. The van der Waals surface area contributed by atoms with E-state index in [1.54, 1.807) is 0 Å². The summed E-state index contributed by atoms with van der Waals surface area (Å²) in [7, 11) is 0. The van der Waals surface area contributed by atoms with Crippen LogP contribution in [-0.2, 0) is 9.59 Å². The van der Waals surface area contributed by atoms with E-state index in [-0.39, 0.29) is 5.41 Å². The fourth-order valence-electron chi connectivity index (χ4n) is 5.95. The van der Waals surface area contributed by atoms with E-state index in [1.807, 2.05) is 6.08 Å². The van der Waals surface area contributed by atoms with E-state index in [1.165, 1.54) is 18.4 Å². The molecule has 0 spiro atoms. The van der Waals surface area contributed by atoms with Crippen LogP contribution in [0.15, 0.2) is 11.6 Å². The van der Waals surface area contributed by atoms with Crippen LogP contribution in [0, 0.1) is 29.1 Å². The van der Waals surface area contributed by atoms with Gasteiger partial charge in [-0.3, -0.25) is 9.59 Å². The van der Waals surface area contributed by atoms with E-state index in [9.17, 15) is 9.59 Å². The number of rotatable bonds is 0. The molecule has 3 fully saturated rings. The average molecular weight is 272 g/mol. The summed E-state index contributed by atoms with van der Waals surface area (Å²) >= 11 is 0. The monoisotopic (exact) mass is 272 g/mol. The molecule has 5 atom stereocenters. The third-order valence-electron chi connectivity index (χ3n) is 7.01. The van der Waals surface area contributed by atoms with Gasteiger partial charge in [0.1, 0.15) is 5.78 Å². The standard InChI is InChI=1S/C18H24O2/c1-18-9-8-14-13-5-3-12(19)10-11(13)2-4-15(14)16(18)6-7-17(18)20/h10,13-16H,2-9H2,1H3/t13?,14-,15-,16+,18?/m1/s1. The molecule has 108 valence electrons. The molecule has 0 heterocycles. The van der Waals surface area contributed by atoms with E-state index in [4.69, 9.17) is 0 Å². The van der Waals surface area contributed by atoms with Crippen LogP contribution >= 0.6 is 0 Å². The Labute approximate surface area is 121 Å². The lowest BCUT2D eigenvalue weighted by atomic mass is 9.52. The topological polar surface area (TPSA) is 34.1 Å². The highest BCUT2D eigenvalue weighted by Crippen LogP contribution is 2.60. The van der Waals surface area contributed by atoms with Crippen molar-refractivity contribution >= 4 is 11.6 Å². The highest BCUT2D eigenvalue weighted by Gasteiger charge is 2.55. The van der Waals surface area contributed by atoms with Crippen LogP contribution in [0.5, 0.6) is 0 Å². The molecule has 4 aliphatic rings. The summed E-state index contributed by atoms with van der Waals surface area (Å²) in [5.41, 5.74) is 1.43. The molecule has 2 heteroatoms. The third kappa shape index (κ3) is 1.63. The average Bonchev–Trinajstić information content (AvgIpc) is 2.74. The molecular weight excluding hydrogens is 248 g/mol. The second-order valence-corrected chi connectivity index (χ2v) is 7.72. The van der Waals surface area contributed by atoms with E-state index in [0.717, 1.165) is 50.4 Å². The number of allylic oxidation sites excluding steroid dienone is 1. The van der Waals surface area contributed by atoms with Crippen LogP contribution < -0.4 is 0 Å². The molecule has 2 nitrogen and oxygen atoms in total. The van der Waals surface area contributed by atoms with Gasteiger partial charge in [0.2, 0.25) is 0 Å². The normalized spacial score (nSPS) is 47.4. The Bertz CT molecular complexity index is 504. The molecule has 0 aromatic rings. The highest BCUT2D eigenvalue weighted by atomic mass is 16.1. The van der Waals surface area contributed by atoms with E-state index in [0.29, 0.717) is 23.4 Å². The second-order valence-electron chi connectivity index (χ2n) is 7.72. The largest absolute Gasteiger partial charge is 0.299 e. The molecule has 0 aromatic carbocycles. The summed E-state index contributed by atoms with van der Waals surface area (Å²) in [5, 5.41) is 0. The number of Topliss-reactive ketones (excluding diaryl/α,β-unsaturated/α-hetero) is 1. The predicted molar refractivity (Wildman–Crippen MR) is 77.1 cm³/mol. The minimum atomic E-state index is -0.00707. The van der Waals surface area contributed by atoms with Crippen LogP contribution in [-0.4, -0.2) is 11.6 Å². The maximum atomic E-state index is 12.3. The van der Waals surface area contributed by atoms with Crippen molar-refractivity contribution in [3.05, 3.63) is 11.6 Å². The Morgan fingerprint density at radius 2 is 1.85 bits per heavy atom. The second kappa shape index (κ2) is 4.29. The fraction of sp³-hybridized carbons (Fsp3) is 0.778. The van der Waals surface area contributed by atoms with Crippen molar-refractivity contribution in [2.24, 2.45) is 29.1 Å². The van der Waals surface area contributed by atoms with Crippen molar-refractivity contribution < 1.29 is 9.59 Å². The number of carbonyl (C=O) groups excluding carboxylic acids is 2. The smallest absolute Gasteiger partial charge is 0.155 e. The molecule has 3 saturated carbocycles. The van der Waals surface area contributed by atoms with Crippen molar-refractivity contribution in [2.45, 2.75) is 58.3 Å². The lowest BCUT2D eigenvalue weighted by molar-refractivity contribution is -0.131. The van der Waals surface area contributed by atoms with E-state index < -0.39 is 0 Å². The molecule has 0 saturated heterocycles. The van der Waals surface area contributed by atoms with Gasteiger partial charge in [0.05, 0.1) is 0 Å². The van der Waals surface area contributed by atoms with Gasteiger partial charge in [-0.15, -0.1) is 0 Å².